The summed E-state index contributed by atoms with van der Waals surface area (Å²) >= 11 is 0. The number of amides is 2. The average molecular weight is 487 g/mol. The van der Waals surface area contributed by atoms with Crippen molar-refractivity contribution in [1.29, 1.82) is 0 Å². The van der Waals surface area contributed by atoms with Crippen molar-refractivity contribution in [2.75, 3.05) is 5.32 Å². The largest absolute Gasteiger partial charge is 0.481 e. The summed E-state index contributed by atoms with van der Waals surface area (Å²) in [6.45, 7) is 1.54. The molecule has 2 unspecified atom stereocenters. The fourth-order valence-corrected chi connectivity index (χ4v) is 3.43. The molecule has 0 saturated carbocycles. The summed E-state index contributed by atoms with van der Waals surface area (Å²) < 4.78 is 38.7. The second-order valence-electron chi connectivity index (χ2n) is 8.20. The maximum Gasteiger partial charge on any atom is 0.416 e. The normalized spacial score (nSPS) is 13.1. The van der Waals surface area contributed by atoms with E-state index in [1.165, 1.54) is 18.3 Å². The lowest BCUT2D eigenvalue weighted by Crippen LogP contribution is -2.47. The Morgan fingerprint density at radius 1 is 1.03 bits per heavy atom. The molecule has 2 aromatic carbocycles. The number of nitrogens with zero attached hydrogens (tertiary/aromatic N) is 1. The molecule has 0 aliphatic carbocycles. The lowest BCUT2D eigenvalue weighted by molar-refractivity contribution is -0.138. The molecule has 10 heteroatoms. The van der Waals surface area contributed by atoms with Crippen molar-refractivity contribution in [2.24, 2.45) is 5.92 Å². The maximum atomic E-state index is 13.1. The van der Waals surface area contributed by atoms with Crippen LogP contribution in [0, 0.1) is 5.92 Å². The zero-order valence-electron chi connectivity index (χ0n) is 18.8. The van der Waals surface area contributed by atoms with Crippen molar-refractivity contribution in [3.63, 3.8) is 0 Å². The maximum absolute atomic E-state index is 13.1. The molecule has 0 radical (unpaired) electrons. The van der Waals surface area contributed by atoms with Crippen LogP contribution >= 0.6 is 0 Å². The number of pyridine rings is 1. The summed E-state index contributed by atoms with van der Waals surface area (Å²) in [5, 5.41) is 14.9. The van der Waals surface area contributed by atoms with Crippen LogP contribution in [0.5, 0.6) is 0 Å². The van der Waals surface area contributed by atoms with Gasteiger partial charge in [0.25, 0.3) is 0 Å². The number of aromatic nitrogens is 1. The molecular weight excluding hydrogens is 463 g/mol. The molecule has 0 saturated heterocycles. The Kier molecular flexibility index (Phi) is 8.06. The van der Waals surface area contributed by atoms with E-state index in [1.807, 2.05) is 24.3 Å². The number of alkyl halides is 3. The van der Waals surface area contributed by atoms with Crippen LogP contribution in [0.15, 0.2) is 60.8 Å². The van der Waals surface area contributed by atoms with Crippen LogP contribution in [0.1, 0.15) is 30.9 Å². The number of carbonyl (C=O) groups is 3. The van der Waals surface area contributed by atoms with Crippen LogP contribution in [0.25, 0.3) is 10.9 Å². The third-order valence-electron chi connectivity index (χ3n) is 5.45. The Morgan fingerprint density at radius 2 is 1.71 bits per heavy atom. The summed E-state index contributed by atoms with van der Waals surface area (Å²) in [7, 11) is 0. The lowest BCUT2D eigenvalue weighted by Gasteiger charge is -2.21. The molecule has 7 nitrogen and oxygen atoms in total. The Balaban J connectivity index is 1.79. The SMILES string of the molecule is CC(CCC(=O)O)C(=O)NC(Cc1ccc(C(F)(F)F)cc1)C(=O)Nc1cnc2ccccc2c1. The van der Waals surface area contributed by atoms with E-state index in [1.54, 1.807) is 13.0 Å². The molecule has 2 atom stereocenters. The van der Waals surface area contributed by atoms with Crippen LogP contribution in [0.2, 0.25) is 0 Å². The third-order valence-corrected chi connectivity index (χ3v) is 5.45. The monoisotopic (exact) mass is 487 g/mol. The lowest BCUT2D eigenvalue weighted by atomic mass is 10.0. The highest BCUT2D eigenvalue weighted by Crippen LogP contribution is 2.29. The fraction of sp³-hybridized carbons (Fsp3) is 0.280. The van der Waals surface area contributed by atoms with Gasteiger partial charge in [-0.15, -0.1) is 0 Å². The van der Waals surface area contributed by atoms with Gasteiger partial charge in [0.15, 0.2) is 0 Å². The minimum absolute atomic E-state index is 0.0671. The zero-order valence-corrected chi connectivity index (χ0v) is 18.8. The number of rotatable bonds is 9. The number of para-hydroxylation sites is 1. The van der Waals surface area contributed by atoms with E-state index in [4.69, 9.17) is 5.11 Å². The van der Waals surface area contributed by atoms with Crippen molar-refractivity contribution in [2.45, 2.75) is 38.4 Å². The van der Waals surface area contributed by atoms with Gasteiger partial charge in [0.1, 0.15) is 6.04 Å². The van der Waals surface area contributed by atoms with Gasteiger partial charge in [-0.1, -0.05) is 37.3 Å². The third kappa shape index (κ3) is 7.26. The molecule has 3 rings (SSSR count). The van der Waals surface area contributed by atoms with Crippen molar-refractivity contribution < 1.29 is 32.7 Å². The number of carboxylic acids is 1. The molecule has 0 aliphatic heterocycles. The van der Waals surface area contributed by atoms with Gasteiger partial charge < -0.3 is 15.7 Å². The average Bonchev–Trinajstić information content (AvgIpc) is 2.81. The summed E-state index contributed by atoms with van der Waals surface area (Å²) in [4.78, 5) is 40.8. The van der Waals surface area contributed by atoms with E-state index in [9.17, 15) is 27.6 Å². The number of halogens is 3. The molecule has 3 N–H and O–H groups in total. The Bertz CT molecular complexity index is 1210. The van der Waals surface area contributed by atoms with E-state index in [2.05, 4.69) is 15.6 Å². The summed E-state index contributed by atoms with van der Waals surface area (Å²) in [6, 6.07) is 12.2. The molecule has 1 aromatic heterocycles. The van der Waals surface area contributed by atoms with Gasteiger partial charge in [0, 0.05) is 24.1 Å². The fourth-order valence-electron chi connectivity index (χ4n) is 3.43. The van der Waals surface area contributed by atoms with Crippen molar-refractivity contribution in [3.05, 3.63) is 71.9 Å². The van der Waals surface area contributed by atoms with Gasteiger partial charge in [-0.2, -0.15) is 13.2 Å². The van der Waals surface area contributed by atoms with Gasteiger partial charge in [0.2, 0.25) is 11.8 Å². The zero-order chi connectivity index (χ0) is 25.6. The van der Waals surface area contributed by atoms with Crippen LogP contribution in [0.3, 0.4) is 0 Å². The number of aliphatic carboxylic acids is 1. The van der Waals surface area contributed by atoms with E-state index < -0.39 is 41.5 Å². The molecule has 3 aromatic rings. The highest BCUT2D eigenvalue weighted by Gasteiger charge is 2.30. The Labute approximate surface area is 199 Å². The second-order valence-corrected chi connectivity index (χ2v) is 8.20. The molecule has 184 valence electrons. The molecule has 2 amide bonds. The summed E-state index contributed by atoms with van der Waals surface area (Å²) in [5.74, 6) is -2.85. The number of benzene rings is 2. The van der Waals surface area contributed by atoms with Gasteiger partial charge in [-0.25, -0.2) is 0 Å². The molecular formula is C25H24F3N3O4. The summed E-state index contributed by atoms with van der Waals surface area (Å²) in [6.07, 6.45) is -3.24. The van der Waals surface area contributed by atoms with E-state index in [0.29, 0.717) is 11.3 Å². The molecule has 35 heavy (non-hydrogen) atoms. The number of carbonyl (C=O) groups excluding carboxylic acids is 2. The number of hydrogen-bond acceptors (Lipinski definition) is 4. The molecule has 0 aliphatic rings. The smallest absolute Gasteiger partial charge is 0.416 e. The second kappa shape index (κ2) is 11.0. The predicted octanol–water partition coefficient (Wildman–Crippen LogP) is 4.42. The first-order valence-corrected chi connectivity index (χ1v) is 10.9. The van der Waals surface area contributed by atoms with Gasteiger partial charge in [-0.05, 0) is 36.2 Å². The highest BCUT2D eigenvalue weighted by molar-refractivity contribution is 5.98. The first-order valence-electron chi connectivity index (χ1n) is 10.9. The standard InChI is InChI=1S/C25H24F3N3O4/c1-15(6-11-22(32)33)23(34)31-21(12-16-7-9-18(10-8-16)25(26,27)28)24(35)30-19-13-17-4-2-3-5-20(17)29-14-19/h2-5,7-10,13-15,21H,6,11-12H2,1H3,(H,30,35)(H,31,34)(H,32,33). The van der Waals surface area contributed by atoms with Gasteiger partial charge >= 0.3 is 12.1 Å². The Morgan fingerprint density at radius 3 is 2.37 bits per heavy atom. The Hall–Kier alpha value is -3.95. The molecule has 0 spiro atoms. The van der Waals surface area contributed by atoms with E-state index >= 15 is 0 Å². The topological polar surface area (TPSA) is 108 Å². The van der Waals surface area contributed by atoms with E-state index in [-0.39, 0.29) is 19.3 Å². The summed E-state index contributed by atoms with van der Waals surface area (Å²) in [5.41, 5.74) is 0.704. The quantitative estimate of drug-likeness (QED) is 0.414. The first kappa shape index (κ1) is 25.7. The number of anilines is 1. The van der Waals surface area contributed by atoms with Crippen LogP contribution in [-0.2, 0) is 27.0 Å². The van der Waals surface area contributed by atoms with Crippen molar-refractivity contribution >= 4 is 34.4 Å². The predicted molar refractivity (Wildman–Crippen MR) is 123 cm³/mol. The van der Waals surface area contributed by atoms with Crippen LogP contribution in [-0.4, -0.2) is 33.9 Å². The van der Waals surface area contributed by atoms with E-state index in [0.717, 1.165) is 23.0 Å². The molecule has 1 heterocycles. The molecule has 0 bridgehead atoms. The number of nitrogens with one attached hydrogen (secondary N) is 2. The minimum atomic E-state index is -4.49. The van der Waals surface area contributed by atoms with Crippen LogP contribution in [0.4, 0.5) is 18.9 Å². The number of fused-ring (bicyclic) bond motifs is 1. The molecule has 0 fully saturated rings. The van der Waals surface area contributed by atoms with Gasteiger partial charge in [-0.3, -0.25) is 19.4 Å². The number of carboxylic acid groups (broad SMARTS) is 1. The highest BCUT2D eigenvalue weighted by atomic mass is 19.4. The van der Waals surface area contributed by atoms with Crippen LogP contribution < -0.4 is 10.6 Å². The van der Waals surface area contributed by atoms with Gasteiger partial charge in [0.05, 0.1) is 23.0 Å². The first-order chi connectivity index (χ1) is 16.5. The van der Waals surface area contributed by atoms with Crippen molar-refractivity contribution in [1.82, 2.24) is 10.3 Å². The van der Waals surface area contributed by atoms with Crippen molar-refractivity contribution in [3.8, 4) is 0 Å². The number of hydrogen-bond donors (Lipinski definition) is 3. The minimum Gasteiger partial charge on any atom is -0.481 e.